The molecule has 3 heterocycles. The molecule has 2 aromatic rings. The Morgan fingerprint density at radius 2 is 1.97 bits per heavy atom. The Morgan fingerprint density at radius 3 is 2.72 bits per heavy atom. The first-order valence-corrected chi connectivity index (χ1v) is 12.0. The van der Waals surface area contributed by atoms with Crippen molar-refractivity contribution in [1.82, 2.24) is 14.8 Å². The van der Waals surface area contributed by atoms with Gasteiger partial charge in [0.05, 0.1) is 16.8 Å². The van der Waals surface area contributed by atoms with Gasteiger partial charge in [-0.25, -0.2) is 4.98 Å². The maximum absolute atomic E-state index is 13.1. The summed E-state index contributed by atoms with van der Waals surface area (Å²) in [6, 6.07) is 8.12. The van der Waals surface area contributed by atoms with E-state index in [2.05, 4.69) is 22.8 Å². The van der Waals surface area contributed by atoms with Crippen LogP contribution in [0, 0.1) is 11.8 Å². The van der Waals surface area contributed by atoms with Crippen molar-refractivity contribution in [1.29, 1.82) is 0 Å². The minimum absolute atomic E-state index is 0.180. The molecule has 0 aliphatic carbocycles. The number of nitrogens with zero attached hydrogens (tertiary/aromatic N) is 4. The summed E-state index contributed by atoms with van der Waals surface area (Å²) in [5.74, 6) is 1.76. The van der Waals surface area contributed by atoms with Gasteiger partial charge in [0.2, 0.25) is 5.91 Å². The summed E-state index contributed by atoms with van der Waals surface area (Å²) in [5.41, 5.74) is 0.979. The number of para-hydroxylation sites is 1. The smallest absolute Gasteiger partial charge is 0.242 e. The van der Waals surface area contributed by atoms with Crippen molar-refractivity contribution in [3.05, 3.63) is 24.3 Å². The van der Waals surface area contributed by atoms with Crippen LogP contribution in [0.15, 0.2) is 24.3 Å². The Labute approximate surface area is 178 Å². The third kappa shape index (κ3) is 5.16. The lowest BCUT2D eigenvalue weighted by atomic mass is 9.94. The van der Waals surface area contributed by atoms with E-state index >= 15 is 0 Å². The summed E-state index contributed by atoms with van der Waals surface area (Å²) in [6.07, 6.45) is 5.17. The molecule has 1 atom stereocenters. The quantitative estimate of drug-likeness (QED) is 0.714. The lowest BCUT2D eigenvalue weighted by Gasteiger charge is -2.38. The fourth-order valence-corrected chi connectivity index (χ4v) is 5.77. The van der Waals surface area contributed by atoms with Crippen LogP contribution in [0.3, 0.4) is 0 Å². The predicted octanol–water partition coefficient (Wildman–Crippen LogP) is 4.09. The second-order valence-electron chi connectivity index (χ2n) is 8.83. The summed E-state index contributed by atoms with van der Waals surface area (Å²) in [6.45, 7) is 11.4. The number of carbonyl (C=O) groups excluding carboxylic acids is 1. The summed E-state index contributed by atoms with van der Waals surface area (Å²) in [7, 11) is 0. The fourth-order valence-electron chi connectivity index (χ4n) is 4.72. The van der Waals surface area contributed by atoms with E-state index in [0.717, 1.165) is 34.4 Å². The van der Waals surface area contributed by atoms with Gasteiger partial charge in [0.25, 0.3) is 0 Å². The third-order valence-electron chi connectivity index (χ3n) is 6.49. The first-order chi connectivity index (χ1) is 14.1. The zero-order valence-electron chi connectivity index (χ0n) is 17.8. The molecule has 0 saturated carbocycles. The number of likely N-dealkylation sites (tertiary alicyclic amines) is 2. The van der Waals surface area contributed by atoms with Gasteiger partial charge in [-0.3, -0.25) is 14.6 Å². The van der Waals surface area contributed by atoms with Gasteiger partial charge in [-0.05, 0) is 76.2 Å². The maximum Gasteiger partial charge on any atom is 0.242 e. The topological polar surface area (TPSA) is 39.7 Å². The normalized spacial score (nSPS) is 22.2. The minimum Gasteiger partial charge on any atom is -0.303 e. The lowest BCUT2D eigenvalue weighted by molar-refractivity contribution is -0.120. The monoisotopic (exact) mass is 414 g/mol. The number of carbonyl (C=O) groups is 1. The van der Waals surface area contributed by atoms with Crippen molar-refractivity contribution in [2.75, 3.05) is 50.7 Å². The Hall–Kier alpha value is -1.50. The van der Waals surface area contributed by atoms with E-state index in [-0.39, 0.29) is 5.91 Å². The van der Waals surface area contributed by atoms with Crippen molar-refractivity contribution in [3.63, 3.8) is 0 Å². The molecule has 2 fully saturated rings. The molecule has 0 N–H and O–H groups in total. The minimum atomic E-state index is 0.180. The molecule has 0 bridgehead atoms. The number of amides is 1. The molecule has 1 unspecified atom stereocenters. The van der Waals surface area contributed by atoms with Crippen LogP contribution in [-0.2, 0) is 4.79 Å². The van der Waals surface area contributed by atoms with Crippen LogP contribution in [0.4, 0.5) is 5.13 Å². The van der Waals surface area contributed by atoms with Gasteiger partial charge in [0.1, 0.15) is 0 Å². The SMILES string of the molecule is CCN(C(=O)CN1CCCC(CN2CCC(C)CC2)C1)c1nc2ccccc2s1. The molecule has 1 amide bonds. The van der Waals surface area contributed by atoms with Crippen LogP contribution < -0.4 is 4.90 Å². The molecular weight excluding hydrogens is 380 g/mol. The van der Waals surface area contributed by atoms with E-state index in [4.69, 9.17) is 4.98 Å². The van der Waals surface area contributed by atoms with E-state index in [1.165, 1.54) is 45.3 Å². The number of hydrogen-bond donors (Lipinski definition) is 0. The van der Waals surface area contributed by atoms with Gasteiger partial charge in [-0.2, -0.15) is 0 Å². The number of aromatic nitrogens is 1. The van der Waals surface area contributed by atoms with Crippen molar-refractivity contribution in [3.8, 4) is 0 Å². The highest BCUT2D eigenvalue weighted by atomic mass is 32.1. The molecule has 2 aliphatic rings. The Balaban J connectivity index is 1.34. The van der Waals surface area contributed by atoms with Crippen LogP contribution in [0.1, 0.15) is 39.5 Å². The molecule has 158 valence electrons. The zero-order valence-corrected chi connectivity index (χ0v) is 18.7. The van der Waals surface area contributed by atoms with Gasteiger partial charge in [-0.15, -0.1) is 0 Å². The number of hydrogen-bond acceptors (Lipinski definition) is 5. The first kappa shape index (κ1) is 20.8. The van der Waals surface area contributed by atoms with Crippen LogP contribution in [0.5, 0.6) is 0 Å². The fraction of sp³-hybridized carbons (Fsp3) is 0.652. The number of thiazole rings is 1. The van der Waals surface area contributed by atoms with E-state index in [1.54, 1.807) is 11.3 Å². The molecule has 4 rings (SSSR count). The number of rotatable bonds is 6. The standard InChI is InChI=1S/C23H34N4OS/c1-3-27(23-24-20-8-4-5-9-21(20)29-23)22(28)17-26-12-6-7-19(16-26)15-25-13-10-18(2)11-14-25/h4-5,8-9,18-19H,3,6-7,10-17H2,1-2H3. The molecule has 5 nitrogen and oxygen atoms in total. The number of piperidine rings is 2. The number of likely N-dealkylation sites (N-methyl/N-ethyl adjacent to an activating group) is 1. The van der Waals surface area contributed by atoms with Crippen LogP contribution in [-0.4, -0.2) is 66.5 Å². The highest BCUT2D eigenvalue weighted by molar-refractivity contribution is 7.22. The summed E-state index contributed by atoms with van der Waals surface area (Å²) in [4.78, 5) is 24.7. The van der Waals surface area contributed by atoms with Crippen molar-refractivity contribution < 1.29 is 4.79 Å². The van der Waals surface area contributed by atoms with Crippen LogP contribution in [0.25, 0.3) is 10.2 Å². The molecule has 29 heavy (non-hydrogen) atoms. The average molecular weight is 415 g/mol. The van der Waals surface area contributed by atoms with Crippen molar-refractivity contribution in [2.24, 2.45) is 11.8 Å². The molecule has 0 spiro atoms. The first-order valence-electron chi connectivity index (χ1n) is 11.2. The highest BCUT2D eigenvalue weighted by Gasteiger charge is 2.27. The van der Waals surface area contributed by atoms with Gasteiger partial charge >= 0.3 is 0 Å². The maximum atomic E-state index is 13.1. The second kappa shape index (κ2) is 9.54. The Bertz CT molecular complexity index is 781. The number of fused-ring (bicyclic) bond motifs is 1. The highest BCUT2D eigenvalue weighted by Crippen LogP contribution is 2.29. The lowest BCUT2D eigenvalue weighted by Crippen LogP contribution is -2.47. The molecule has 2 saturated heterocycles. The summed E-state index contributed by atoms with van der Waals surface area (Å²) >= 11 is 1.61. The third-order valence-corrected chi connectivity index (χ3v) is 7.54. The van der Waals surface area contributed by atoms with Gasteiger partial charge in [0, 0.05) is 19.6 Å². The molecular formula is C23H34N4OS. The van der Waals surface area contributed by atoms with Crippen LogP contribution >= 0.6 is 11.3 Å². The summed E-state index contributed by atoms with van der Waals surface area (Å²) < 4.78 is 1.14. The van der Waals surface area contributed by atoms with E-state index < -0.39 is 0 Å². The number of benzene rings is 1. The van der Waals surface area contributed by atoms with Gasteiger partial charge in [-0.1, -0.05) is 30.4 Å². The van der Waals surface area contributed by atoms with E-state index in [9.17, 15) is 4.79 Å². The van der Waals surface area contributed by atoms with E-state index in [1.807, 2.05) is 30.0 Å². The van der Waals surface area contributed by atoms with Crippen molar-refractivity contribution >= 4 is 32.6 Å². The predicted molar refractivity (Wildman–Crippen MR) is 122 cm³/mol. The zero-order chi connectivity index (χ0) is 20.2. The van der Waals surface area contributed by atoms with Gasteiger partial charge < -0.3 is 4.90 Å². The van der Waals surface area contributed by atoms with Crippen molar-refractivity contribution in [2.45, 2.75) is 39.5 Å². The Kier molecular flexibility index (Phi) is 6.83. The molecule has 1 aromatic heterocycles. The molecule has 2 aliphatic heterocycles. The molecule has 0 radical (unpaired) electrons. The number of anilines is 1. The second-order valence-corrected chi connectivity index (χ2v) is 9.84. The Morgan fingerprint density at radius 1 is 1.17 bits per heavy atom. The van der Waals surface area contributed by atoms with E-state index in [0.29, 0.717) is 19.0 Å². The van der Waals surface area contributed by atoms with Crippen LogP contribution in [0.2, 0.25) is 0 Å². The summed E-state index contributed by atoms with van der Waals surface area (Å²) in [5, 5.41) is 0.828. The average Bonchev–Trinajstić information content (AvgIpc) is 3.14. The molecule has 6 heteroatoms. The van der Waals surface area contributed by atoms with Gasteiger partial charge in [0.15, 0.2) is 5.13 Å². The molecule has 1 aromatic carbocycles. The largest absolute Gasteiger partial charge is 0.303 e.